The fraction of sp³-hybridized carbons (Fsp3) is 0.188. The van der Waals surface area contributed by atoms with Crippen LogP contribution in [0.2, 0.25) is 5.02 Å². The van der Waals surface area contributed by atoms with E-state index in [-0.39, 0.29) is 17.7 Å². The number of carbonyl (C=O) groups is 1. The number of carbonyl (C=O) groups excluding carboxylic acids is 1. The van der Waals surface area contributed by atoms with Gasteiger partial charge < -0.3 is 10.0 Å². The van der Waals surface area contributed by atoms with Crippen molar-refractivity contribution in [2.75, 3.05) is 7.05 Å². The summed E-state index contributed by atoms with van der Waals surface area (Å²) >= 11 is 9.34. The number of halogens is 2. The summed E-state index contributed by atoms with van der Waals surface area (Å²) in [6, 6.07) is 11.8. The summed E-state index contributed by atoms with van der Waals surface area (Å²) < 4.78 is 0.710. The van der Waals surface area contributed by atoms with Crippen LogP contribution in [0.25, 0.3) is 0 Å². The second kappa shape index (κ2) is 6.50. The van der Waals surface area contributed by atoms with E-state index in [1.807, 2.05) is 6.92 Å². The van der Waals surface area contributed by atoms with Gasteiger partial charge in [-0.05, 0) is 58.7 Å². The van der Waals surface area contributed by atoms with Gasteiger partial charge in [-0.2, -0.15) is 0 Å². The molecule has 2 rings (SSSR count). The Bertz CT molecular complexity index is 658. The van der Waals surface area contributed by atoms with Crippen LogP contribution >= 0.6 is 27.5 Å². The molecule has 0 spiro atoms. The Balaban J connectivity index is 2.26. The van der Waals surface area contributed by atoms with Gasteiger partial charge in [0.25, 0.3) is 5.91 Å². The summed E-state index contributed by atoms with van der Waals surface area (Å²) in [4.78, 5) is 14.2. The molecule has 5 heteroatoms. The van der Waals surface area contributed by atoms with Crippen molar-refractivity contribution in [2.24, 2.45) is 0 Å². The van der Waals surface area contributed by atoms with Crippen LogP contribution in [0, 0.1) is 0 Å². The smallest absolute Gasteiger partial charge is 0.255 e. The van der Waals surface area contributed by atoms with E-state index in [0.29, 0.717) is 15.1 Å². The van der Waals surface area contributed by atoms with Crippen molar-refractivity contribution in [1.29, 1.82) is 0 Å². The molecule has 0 saturated carbocycles. The molecule has 0 aromatic heterocycles. The third-order valence-corrected chi connectivity index (χ3v) is 4.36. The van der Waals surface area contributed by atoms with Crippen molar-refractivity contribution in [2.45, 2.75) is 13.0 Å². The molecular weight excluding hydrogens is 354 g/mol. The minimum atomic E-state index is -0.121. The van der Waals surface area contributed by atoms with Crippen LogP contribution in [-0.4, -0.2) is 23.0 Å². The fourth-order valence-corrected chi connectivity index (χ4v) is 2.59. The second-order valence-corrected chi connectivity index (χ2v) is 6.10. The number of nitrogens with zero attached hydrogens (tertiary/aromatic N) is 1. The highest BCUT2D eigenvalue weighted by Crippen LogP contribution is 2.26. The predicted octanol–water partition coefficient (Wildman–Crippen LogP) is 4.64. The molecular formula is C16H15BrClNO2. The number of hydrogen-bond donors (Lipinski definition) is 1. The van der Waals surface area contributed by atoms with Crippen LogP contribution in [0.3, 0.4) is 0 Å². The third kappa shape index (κ3) is 3.57. The zero-order valence-corrected chi connectivity index (χ0v) is 14.0. The zero-order valence-electron chi connectivity index (χ0n) is 11.7. The van der Waals surface area contributed by atoms with Crippen LogP contribution < -0.4 is 0 Å². The Morgan fingerprint density at radius 1 is 1.24 bits per heavy atom. The molecule has 1 amide bonds. The van der Waals surface area contributed by atoms with E-state index >= 15 is 0 Å². The summed E-state index contributed by atoms with van der Waals surface area (Å²) in [5.41, 5.74) is 1.47. The highest BCUT2D eigenvalue weighted by molar-refractivity contribution is 9.10. The van der Waals surface area contributed by atoms with Gasteiger partial charge in [-0.15, -0.1) is 0 Å². The summed E-state index contributed by atoms with van der Waals surface area (Å²) in [6.07, 6.45) is 0. The first-order valence-electron chi connectivity index (χ1n) is 6.41. The minimum Gasteiger partial charge on any atom is -0.508 e. The van der Waals surface area contributed by atoms with Gasteiger partial charge in [-0.25, -0.2) is 0 Å². The van der Waals surface area contributed by atoms with Crippen LogP contribution in [0.15, 0.2) is 46.9 Å². The largest absolute Gasteiger partial charge is 0.508 e. The van der Waals surface area contributed by atoms with Crippen molar-refractivity contribution >= 4 is 33.4 Å². The quantitative estimate of drug-likeness (QED) is 0.857. The summed E-state index contributed by atoms with van der Waals surface area (Å²) in [5, 5.41) is 9.85. The van der Waals surface area contributed by atoms with Gasteiger partial charge in [-0.1, -0.05) is 23.7 Å². The van der Waals surface area contributed by atoms with Gasteiger partial charge in [0.15, 0.2) is 0 Å². The number of amides is 1. The Hall–Kier alpha value is -1.52. The van der Waals surface area contributed by atoms with E-state index in [2.05, 4.69) is 15.9 Å². The van der Waals surface area contributed by atoms with E-state index in [0.717, 1.165) is 5.56 Å². The first kappa shape index (κ1) is 15.9. The first-order valence-corrected chi connectivity index (χ1v) is 7.58. The number of hydrogen-bond acceptors (Lipinski definition) is 2. The minimum absolute atomic E-state index is 0.120. The predicted molar refractivity (Wildman–Crippen MR) is 87.8 cm³/mol. The summed E-state index contributed by atoms with van der Waals surface area (Å²) in [5.74, 6) is 0.0856. The molecule has 0 aliphatic heterocycles. The molecule has 110 valence electrons. The maximum absolute atomic E-state index is 12.6. The van der Waals surface area contributed by atoms with E-state index in [1.165, 1.54) is 0 Å². The van der Waals surface area contributed by atoms with Crippen LogP contribution in [0.1, 0.15) is 28.9 Å². The number of aromatic hydroxyl groups is 1. The van der Waals surface area contributed by atoms with Gasteiger partial charge in [-0.3, -0.25) is 4.79 Å². The molecule has 0 aliphatic carbocycles. The van der Waals surface area contributed by atoms with E-state index in [1.54, 1.807) is 54.4 Å². The second-order valence-electron chi connectivity index (χ2n) is 4.81. The summed E-state index contributed by atoms with van der Waals surface area (Å²) in [6.45, 7) is 1.93. The lowest BCUT2D eigenvalue weighted by atomic mass is 10.1. The molecule has 2 aromatic carbocycles. The molecule has 0 fully saturated rings. The molecule has 0 aliphatic rings. The maximum atomic E-state index is 12.6. The molecule has 0 bridgehead atoms. The van der Waals surface area contributed by atoms with Crippen molar-refractivity contribution in [3.63, 3.8) is 0 Å². The number of benzene rings is 2. The zero-order chi connectivity index (χ0) is 15.6. The Kier molecular flexibility index (Phi) is 4.91. The molecule has 1 unspecified atom stereocenters. The van der Waals surface area contributed by atoms with Crippen LogP contribution in [-0.2, 0) is 0 Å². The first-order chi connectivity index (χ1) is 9.90. The molecule has 21 heavy (non-hydrogen) atoms. The molecule has 0 heterocycles. The number of phenols is 1. The van der Waals surface area contributed by atoms with Gasteiger partial charge in [0.05, 0.1) is 11.6 Å². The average Bonchev–Trinajstić information content (AvgIpc) is 2.48. The standard InChI is InChI=1S/C16H15BrClNO2/c1-10(11-3-6-13(20)7-4-11)19(2)16(21)14-9-12(18)5-8-15(14)17/h3-10,20H,1-2H3. The van der Waals surface area contributed by atoms with E-state index in [9.17, 15) is 9.90 Å². The third-order valence-electron chi connectivity index (χ3n) is 3.44. The fourth-order valence-electron chi connectivity index (χ4n) is 2.00. The monoisotopic (exact) mass is 367 g/mol. The Morgan fingerprint density at radius 2 is 1.86 bits per heavy atom. The highest BCUT2D eigenvalue weighted by atomic mass is 79.9. The lowest BCUT2D eigenvalue weighted by Gasteiger charge is -2.26. The van der Waals surface area contributed by atoms with Crippen LogP contribution in [0.4, 0.5) is 0 Å². The van der Waals surface area contributed by atoms with E-state index < -0.39 is 0 Å². The van der Waals surface area contributed by atoms with Gasteiger partial charge in [0, 0.05) is 16.5 Å². The molecule has 3 nitrogen and oxygen atoms in total. The number of phenolic OH excluding ortho intramolecular Hbond substituents is 1. The maximum Gasteiger partial charge on any atom is 0.255 e. The van der Waals surface area contributed by atoms with Crippen molar-refractivity contribution in [3.8, 4) is 5.75 Å². The van der Waals surface area contributed by atoms with Crippen molar-refractivity contribution in [3.05, 3.63) is 63.1 Å². The van der Waals surface area contributed by atoms with Gasteiger partial charge in [0.1, 0.15) is 5.75 Å². The summed E-state index contributed by atoms with van der Waals surface area (Å²) in [7, 11) is 1.74. The van der Waals surface area contributed by atoms with Gasteiger partial charge in [0.2, 0.25) is 0 Å². The molecule has 0 saturated heterocycles. The van der Waals surface area contributed by atoms with Gasteiger partial charge >= 0.3 is 0 Å². The van der Waals surface area contributed by atoms with Crippen molar-refractivity contribution < 1.29 is 9.90 Å². The SMILES string of the molecule is CC(c1ccc(O)cc1)N(C)C(=O)c1cc(Cl)ccc1Br. The number of rotatable bonds is 3. The Morgan fingerprint density at radius 3 is 2.48 bits per heavy atom. The van der Waals surface area contributed by atoms with E-state index in [4.69, 9.17) is 11.6 Å². The molecule has 1 atom stereocenters. The molecule has 2 aromatic rings. The normalized spacial score (nSPS) is 12.0. The molecule has 1 N–H and O–H groups in total. The lowest BCUT2D eigenvalue weighted by molar-refractivity contribution is 0.0741. The lowest BCUT2D eigenvalue weighted by Crippen LogP contribution is -2.29. The Labute approximate surface area is 137 Å². The van der Waals surface area contributed by atoms with Crippen LogP contribution in [0.5, 0.6) is 5.75 Å². The van der Waals surface area contributed by atoms with Crippen molar-refractivity contribution in [1.82, 2.24) is 4.90 Å². The average molecular weight is 369 g/mol. The molecule has 0 radical (unpaired) electrons. The topological polar surface area (TPSA) is 40.5 Å². The highest BCUT2D eigenvalue weighted by Gasteiger charge is 2.21.